The summed E-state index contributed by atoms with van der Waals surface area (Å²) in [5.41, 5.74) is 0. The normalized spacial score (nSPS) is 23.2. The Hall–Kier alpha value is -1.83. The molecule has 8 nitrogen and oxygen atoms in total. The fourth-order valence-corrected chi connectivity index (χ4v) is 2.85. The molecular weight excluding hydrogens is 278 g/mol. The average molecular weight is 299 g/mol. The van der Waals surface area contributed by atoms with Crippen LogP contribution >= 0.6 is 0 Å². The summed E-state index contributed by atoms with van der Waals surface area (Å²) in [4.78, 5) is 39.9. The van der Waals surface area contributed by atoms with Crippen LogP contribution in [0.3, 0.4) is 0 Å². The van der Waals surface area contributed by atoms with E-state index < -0.39 is 12.0 Å². The van der Waals surface area contributed by atoms with Gasteiger partial charge in [-0.3, -0.25) is 9.69 Å². The van der Waals surface area contributed by atoms with E-state index in [-0.39, 0.29) is 18.5 Å². The van der Waals surface area contributed by atoms with Crippen LogP contribution in [0.1, 0.15) is 12.8 Å². The topological polar surface area (TPSA) is 90.4 Å². The number of hydrogen-bond acceptors (Lipinski definition) is 5. The van der Waals surface area contributed by atoms with Gasteiger partial charge in [-0.15, -0.1) is 0 Å². The Bertz CT molecular complexity index is 420. The molecule has 2 amide bonds. The van der Waals surface area contributed by atoms with Crippen molar-refractivity contribution in [3.63, 3.8) is 0 Å². The molecule has 0 aromatic carbocycles. The van der Waals surface area contributed by atoms with Crippen LogP contribution in [-0.2, 0) is 14.3 Å². The second-order valence-corrected chi connectivity index (χ2v) is 5.31. The minimum atomic E-state index is -0.861. The van der Waals surface area contributed by atoms with E-state index in [1.54, 1.807) is 14.7 Å². The van der Waals surface area contributed by atoms with Gasteiger partial charge < -0.3 is 19.6 Å². The summed E-state index contributed by atoms with van der Waals surface area (Å²) in [6, 6.07) is -0.641. The van der Waals surface area contributed by atoms with E-state index in [4.69, 9.17) is 9.84 Å². The van der Waals surface area contributed by atoms with Crippen LogP contribution in [0.15, 0.2) is 0 Å². The number of nitrogens with zero attached hydrogens (tertiary/aromatic N) is 3. The molecular formula is C13H21N3O5. The average Bonchev–Trinajstić information content (AvgIpc) is 2.95. The third-order valence-electron chi connectivity index (χ3n) is 3.97. The quantitative estimate of drug-likeness (QED) is 0.703. The summed E-state index contributed by atoms with van der Waals surface area (Å²) in [5.74, 6) is -1.23. The third-order valence-corrected chi connectivity index (χ3v) is 3.97. The number of aliphatic carboxylic acids is 1. The minimum Gasteiger partial charge on any atom is -0.480 e. The number of urea groups is 1. The van der Waals surface area contributed by atoms with Gasteiger partial charge in [-0.25, -0.2) is 9.59 Å². The fourth-order valence-electron chi connectivity index (χ4n) is 2.85. The van der Waals surface area contributed by atoms with Crippen LogP contribution in [0.5, 0.6) is 0 Å². The Morgan fingerprint density at radius 3 is 2.38 bits per heavy atom. The summed E-state index contributed by atoms with van der Waals surface area (Å²) in [7, 11) is 1.33. The predicted octanol–water partition coefficient (Wildman–Crippen LogP) is -0.554. The smallest absolute Gasteiger partial charge is 0.328 e. The van der Waals surface area contributed by atoms with E-state index in [1.807, 2.05) is 0 Å². The maximum atomic E-state index is 12.5. The maximum absolute atomic E-state index is 12.5. The molecule has 21 heavy (non-hydrogen) atoms. The molecule has 2 aliphatic heterocycles. The van der Waals surface area contributed by atoms with Crippen molar-refractivity contribution in [2.24, 2.45) is 0 Å². The highest BCUT2D eigenvalue weighted by Crippen LogP contribution is 2.20. The number of likely N-dealkylation sites (tertiary alicyclic amines) is 1. The second kappa shape index (κ2) is 6.75. The Morgan fingerprint density at radius 1 is 1.14 bits per heavy atom. The van der Waals surface area contributed by atoms with E-state index in [9.17, 15) is 14.4 Å². The first-order valence-electron chi connectivity index (χ1n) is 7.10. The van der Waals surface area contributed by atoms with Gasteiger partial charge in [-0.05, 0) is 12.8 Å². The van der Waals surface area contributed by atoms with Gasteiger partial charge in [0.1, 0.15) is 6.04 Å². The number of amides is 2. The van der Waals surface area contributed by atoms with Crippen LogP contribution in [0.25, 0.3) is 0 Å². The van der Waals surface area contributed by atoms with Crippen LogP contribution in [0.4, 0.5) is 4.79 Å². The molecule has 0 aromatic heterocycles. The molecule has 2 rings (SSSR count). The number of carboxylic acids is 1. The van der Waals surface area contributed by atoms with E-state index in [0.29, 0.717) is 39.1 Å². The molecule has 1 atom stereocenters. The Balaban J connectivity index is 1.89. The highest BCUT2D eigenvalue weighted by molar-refractivity contribution is 5.84. The molecule has 0 spiro atoms. The van der Waals surface area contributed by atoms with Crippen molar-refractivity contribution in [2.75, 3.05) is 46.4 Å². The van der Waals surface area contributed by atoms with Crippen molar-refractivity contribution >= 4 is 18.0 Å². The number of rotatable bonds is 3. The van der Waals surface area contributed by atoms with Crippen LogP contribution in [0, 0.1) is 0 Å². The van der Waals surface area contributed by atoms with Gasteiger partial charge in [0.05, 0.1) is 13.7 Å². The zero-order valence-electron chi connectivity index (χ0n) is 12.2. The van der Waals surface area contributed by atoms with E-state index >= 15 is 0 Å². The first-order chi connectivity index (χ1) is 10.0. The number of ether oxygens (including phenoxy) is 1. The Kier molecular flexibility index (Phi) is 5.00. The van der Waals surface area contributed by atoms with E-state index in [0.717, 1.165) is 6.42 Å². The molecule has 0 aliphatic carbocycles. The first-order valence-corrected chi connectivity index (χ1v) is 7.10. The van der Waals surface area contributed by atoms with Crippen LogP contribution in [-0.4, -0.2) is 90.2 Å². The summed E-state index contributed by atoms with van der Waals surface area (Å²) in [6.45, 7) is 2.60. The lowest BCUT2D eigenvalue weighted by Gasteiger charge is -2.37. The lowest BCUT2D eigenvalue weighted by Crippen LogP contribution is -2.55. The van der Waals surface area contributed by atoms with Crippen molar-refractivity contribution in [1.29, 1.82) is 0 Å². The molecule has 8 heteroatoms. The highest BCUT2D eigenvalue weighted by Gasteiger charge is 2.37. The fraction of sp³-hybridized carbons (Fsp3) is 0.769. The summed E-state index contributed by atoms with van der Waals surface area (Å²) in [6.07, 6.45) is 1.43. The minimum absolute atomic E-state index is 0.00344. The van der Waals surface area contributed by atoms with Crippen molar-refractivity contribution in [1.82, 2.24) is 14.7 Å². The van der Waals surface area contributed by atoms with Gasteiger partial charge in [-0.1, -0.05) is 0 Å². The van der Waals surface area contributed by atoms with Gasteiger partial charge >= 0.3 is 18.0 Å². The lowest BCUT2D eigenvalue weighted by molar-refractivity contribution is -0.145. The largest absolute Gasteiger partial charge is 0.480 e. The molecule has 2 fully saturated rings. The van der Waals surface area contributed by atoms with Crippen molar-refractivity contribution in [2.45, 2.75) is 18.9 Å². The van der Waals surface area contributed by atoms with E-state index in [2.05, 4.69) is 0 Å². The SMILES string of the molecule is COC(=O)C1CCCN1C(=O)N1CCN(CC(=O)O)CC1. The van der Waals surface area contributed by atoms with Gasteiger partial charge in [0, 0.05) is 32.7 Å². The monoisotopic (exact) mass is 299 g/mol. The zero-order chi connectivity index (χ0) is 15.4. The number of carbonyl (C=O) groups excluding carboxylic acids is 2. The van der Waals surface area contributed by atoms with Crippen molar-refractivity contribution < 1.29 is 24.2 Å². The van der Waals surface area contributed by atoms with Crippen molar-refractivity contribution in [3.8, 4) is 0 Å². The van der Waals surface area contributed by atoms with E-state index in [1.165, 1.54) is 7.11 Å². The third kappa shape index (κ3) is 3.63. The predicted molar refractivity (Wildman–Crippen MR) is 72.8 cm³/mol. The molecule has 1 unspecified atom stereocenters. The van der Waals surface area contributed by atoms with Gasteiger partial charge in [-0.2, -0.15) is 0 Å². The van der Waals surface area contributed by atoms with Crippen LogP contribution in [0.2, 0.25) is 0 Å². The number of methoxy groups -OCH3 is 1. The Labute approximate surface area is 123 Å². The zero-order valence-corrected chi connectivity index (χ0v) is 12.2. The second-order valence-electron chi connectivity index (χ2n) is 5.31. The van der Waals surface area contributed by atoms with Gasteiger partial charge in [0.15, 0.2) is 0 Å². The summed E-state index contributed by atoms with van der Waals surface area (Å²) < 4.78 is 4.74. The summed E-state index contributed by atoms with van der Waals surface area (Å²) >= 11 is 0. The number of hydrogen-bond donors (Lipinski definition) is 1. The first kappa shape index (κ1) is 15.6. The molecule has 0 radical (unpaired) electrons. The molecule has 0 bridgehead atoms. The Morgan fingerprint density at radius 2 is 1.81 bits per heavy atom. The molecule has 0 aromatic rings. The molecule has 2 heterocycles. The highest BCUT2D eigenvalue weighted by atomic mass is 16.5. The molecule has 118 valence electrons. The molecule has 1 N–H and O–H groups in total. The van der Waals surface area contributed by atoms with Gasteiger partial charge in [0.25, 0.3) is 0 Å². The van der Waals surface area contributed by atoms with Crippen LogP contribution < -0.4 is 0 Å². The molecule has 0 saturated carbocycles. The summed E-state index contributed by atoms with van der Waals surface area (Å²) in [5, 5.41) is 8.75. The maximum Gasteiger partial charge on any atom is 0.328 e. The molecule has 2 aliphatic rings. The number of carbonyl (C=O) groups is 3. The number of carboxylic acid groups (broad SMARTS) is 1. The van der Waals surface area contributed by atoms with Gasteiger partial charge in [0.2, 0.25) is 0 Å². The molecule has 2 saturated heterocycles. The number of esters is 1. The van der Waals surface area contributed by atoms with Crippen molar-refractivity contribution in [3.05, 3.63) is 0 Å². The standard InChI is InChI=1S/C13H21N3O5/c1-21-12(19)10-3-2-4-16(10)13(20)15-7-5-14(6-8-15)9-11(17)18/h10H,2-9H2,1H3,(H,17,18). The number of piperazine rings is 1. The lowest BCUT2D eigenvalue weighted by atomic mass is 10.2.